The largest absolute Gasteiger partial charge is 0.469 e. The predicted molar refractivity (Wildman–Crippen MR) is 89.8 cm³/mol. The number of nitrogens with zero attached hydrogens (tertiary/aromatic N) is 2. The monoisotopic (exact) mass is 370 g/mol. The molecule has 1 atom stereocenters. The Balaban J connectivity index is 2.91. The van der Waals surface area contributed by atoms with Gasteiger partial charge in [-0.25, -0.2) is 0 Å². The second-order valence-corrected chi connectivity index (χ2v) is 6.31. The Labute approximate surface area is 140 Å². The van der Waals surface area contributed by atoms with Gasteiger partial charge in [0.25, 0.3) is 5.91 Å². The first-order valence-corrected chi connectivity index (χ1v) is 7.92. The molecule has 1 rings (SSSR count). The van der Waals surface area contributed by atoms with Crippen molar-refractivity contribution in [3.8, 4) is 0 Å². The minimum absolute atomic E-state index is 0.0925. The topological polar surface area (TPSA) is 49.9 Å². The smallest absolute Gasteiger partial charge is 0.310 e. The molecule has 0 radical (unpaired) electrons. The van der Waals surface area contributed by atoms with E-state index < -0.39 is 0 Å². The summed E-state index contributed by atoms with van der Waals surface area (Å²) in [4.78, 5) is 28.1. The molecule has 0 aliphatic heterocycles. The van der Waals surface area contributed by atoms with Crippen LogP contribution < -0.4 is 0 Å². The minimum Gasteiger partial charge on any atom is -0.469 e. The van der Waals surface area contributed by atoms with E-state index >= 15 is 0 Å². The number of halogens is 1. The fourth-order valence-corrected chi connectivity index (χ4v) is 2.46. The first-order valence-electron chi connectivity index (χ1n) is 7.13. The number of carbonyl (C=O) groups is 2. The van der Waals surface area contributed by atoms with Crippen LogP contribution in [0.25, 0.3) is 0 Å². The van der Waals surface area contributed by atoms with Gasteiger partial charge in [-0.1, -0.05) is 19.1 Å². The molecule has 122 valence electrons. The summed E-state index contributed by atoms with van der Waals surface area (Å²) in [6.45, 7) is 3.38. The lowest BCUT2D eigenvalue weighted by atomic mass is 10.1. The first-order chi connectivity index (χ1) is 10.4. The Kier molecular flexibility index (Phi) is 7.55. The van der Waals surface area contributed by atoms with Gasteiger partial charge in [0.2, 0.25) is 0 Å². The number of benzene rings is 1. The van der Waals surface area contributed by atoms with Gasteiger partial charge in [0.15, 0.2) is 0 Å². The zero-order valence-corrected chi connectivity index (χ0v) is 15.1. The number of hydrogen-bond donors (Lipinski definition) is 0. The molecule has 1 aromatic rings. The van der Waals surface area contributed by atoms with Crippen molar-refractivity contribution in [3.05, 3.63) is 34.3 Å². The first kappa shape index (κ1) is 18.6. The SMILES string of the molecule is COC(=O)C(C)CN(CCN(C)C)C(=O)c1ccccc1Br. The van der Waals surface area contributed by atoms with E-state index in [0.717, 1.165) is 11.0 Å². The number of hydrogen-bond acceptors (Lipinski definition) is 4. The molecule has 1 unspecified atom stereocenters. The summed E-state index contributed by atoms with van der Waals surface area (Å²) in [7, 11) is 5.26. The van der Waals surface area contributed by atoms with Crippen molar-refractivity contribution in [2.24, 2.45) is 5.92 Å². The average molecular weight is 371 g/mol. The fourth-order valence-electron chi connectivity index (χ4n) is 2.01. The maximum Gasteiger partial charge on any atom is 0.310 e. The van der Waals surface area contributed by atoms with Gasteiger partial charge in [0.05, 0.1) is 18.6 Å². The lowest BCUT2D eigenvalue weighted by molar-refractivity contribution is -0.145. The molecule has 1 amide bonds. The highest BCUT2D eigenvalue weighted by atomic mass is 79.9. The van der Waals surface area contributed by atoms with E-state index in [4.69, 9.17) is 4.74 Å². The fraction of sp³-hybridized carbons (Fsp3) is 0.500. The van der Waals surface area contributed by atoms with Crippen molar-refractivity contribution in [1.29, 1.82) is 0 Å². The molecule has 0 aliphatic carbocycles. The summed E-state index contributed by atoms with van der Waals surface area (Å²) in [6.07, 6.45) is 0. The standard InChI is InChI=1S/C16H23BrN2O3/c1-12(16(21)22-4)11-19(10-9-18(2)3)15(20)13-7-5-6-8-14(13)17/h5-8,12H,9-11H2,1-4H3. The summed E-state index contributed by atoms with van der Waals surface area (Å²) >= 11 is 3.40. The van der Waals surface area contributed by atoms with E-state index in [1.165, 1.54) is 7.11 Å². The Morgan fingerprint density at radius 2 is 1.86 bits per heavy atom. The van der Waals surface area contributed by atoms with E-state index in [1.54, 1.807) is 17.9 Å². The predicted octanol–water partition coefficient (Wildman–Crippen LogP) is 2.26. The Morgan fingerprint density at radius 3 is 2.41 bits per heavy atom. The summed E-state index contributed by atoms with van der Waals surface area (Å²) in [5.74, 6) is -0.765. The zero-order valence-electron chi connectivity index (χ0n) is 13.5. The van der Waals surface area contributed by atoms with Crippen LogP contribution in [0.15, 0.2) is 28.7 Å². The number of methoxy groups -OCH3 is 1. The van der Waals surface area contributed by atoms with Crippen LogP contribution in [-0.4, -0.2) is 62.5 Å². The van der Waals surface area contributed by atoms with Crippen molar-refractivity contribution in [3.63, 3.8) is 0 Å². The highest BCUT2D eigenvalue weighted by Gasteiger charge is 2.23. The van der Waals surface area contributed by atoms with Crippen molar-refractivity contribution in [2.45, 2.75) is 6.92 Å². The lowest BCUT2D eigenvalue weighted by Crippen LogP contribution is -2.41. The van der Waals surface area contributed by atoms with Crippen molar-refractivity contribution < 1.29 is 14.3 Å². The van der Waals surface area contributed by atoms with Crippen LogP contribution >= 0.6 is 15.9 Å². The van der Waals surface area contributed by atoms with Crippen LogP contribution in [0.5, 0.6) is 0 Å². The molecule has 0 heterocycles. The molecule has 0 fully saturated rings. The maximum absolute atomic E-state index is 12.7. The summed E-state index contributed by atoms with van der Waals surface area (Å²) in [5.41, 5.74) is 0.596. The van der Waals surface area contributed by atoms with E-state index in [-0.39, 0.29) is 17.8 Å². The molecule has 0 spiro atoms. The van der Waals surface area contributed by atoms with E-state index in [1.807, 2.05) is 37.2 Å². The van der Waals surface area contributed by atoms with Crippen molar-refractivity contribution in [1.82, 2.24) is 9.80 Å². The molecule has 0 aliphatic rings. The Hall–Kier alpha value is -1.40. The summed E-state index contributed by atoms with van der Waals surface area (Å²) in [5, 5.41) is 0. The summed E-state index contributed by atoms with van der Waals surface area (Å²) < 4.78 is 5.50. The normalized spacial score (nSPS) is 12.1. The van der Waals surface area contributed by atoms with Gasteiger partial charge in [0, 0.05) is 24.1 Å². The highest BCUT2D eigenvalue weighted by Crippen LogP contribution is 2.18. The third kappa shape index (κ3) is 5.42. The molecular weight excluding hydrogens is 348 g/mol. The van der Waals surface area contributed by atoms with Crippen LogP contribution in [0.1, 0.15) is 17.3 Å². The zero-order chi connectivity index (χ0) is 16.7. The van der Waals surface area contributed by atoms with Gasteiger partial charge in [0.1, 0.15) is 0 Å². The molecule has 5 nitrogen and oxygen atoms in total. The second kappa shape index (κ2) is 8.90. The van der Waals surface area contributed by atoms with E-state index in [2.05, 4.69) is 15.9 Å². The molecule has 0 saturated heterocycles. The van der Waals surface area contributed by atoms with Gasteiger partial charge >= 0.3 is 5.97 Å². The lowest BCUT2D eigenvalue weighted by Gasteiger charge is -2.27. The van der Waals surface area contributed by atoms with Crippen LogP contribution in [-0.2, 0) is 9.53 Å². The molecule has 0 saturated carbocycles. The highest BCUT2D eigenvalue weighted by molar-refractivity contribution is 9.10. The number of amides is 1. The number of carbonyl (C=O) groups excluding carboxylic acids is 2. The van der Waals surface area contributed by atoms with Gasteiger partial charge in [-0.05, 0) is 42.2 Å². The van der Waals surface area contributed by atoms with Gasteiger partial charge < -0.3 is 14.5 Å². The van der Waals surface area contributed by atoms with Crippen LogP contribution in [0.4, 0.5) is 0 Å². The van der Waals surface area contributed by atoms with Crippen molar-refractivity contribution in [2.75, 3.05) is 40.8 Å². The number of esters is 1. The quantitative estimate of drug-likeness (QED) is 0.690. The van der Waals surface area contributed by atoms with Gasteiger partial charge in [-0.15, -0.1) is 0 Å². The Bertz CT molecular complexity index is 520. The molecule has 0 N–H and O–H groups in total. The maximum atomic E-state index is 12.7. The second-order valence-electron chi connectivity index (χ2n) is 5.46. The number of likely N-dealkylation sites (N-methyl/N-ethyl adjacent to an activating group) is 1. The van der Waals surface area contributed by atoms with Crippen LogP contribution in [0.2, 0.25) is 0 Å². The molecule has 0 bridgehead atoms. The molecule has 22 heavy (non-hydrogen) atoms. The summed E-state index contributed by atoms with van der Waals surface area (Å²) in [6, 6.07) is 7.30. The average Bonchev–Trinajstić information content (AvgIpc) is 2.49. The van der Waals surface area contributed by atoms with Crippen LogP contribution in [0, 0.1) is 5.92 Å². The Morgan fingerprint density at radius 1 is 1.23 bits per heavy atom. The van der Waals surface area contributed by atoms with Gasteiger partial charge in [-0.3, -0.25) is 9.59 Å². The third-order valence-electron chi connectivity index (χ3n) is 3.31. The number of ether oxygens (including phenoxy) is 1. The molecule has 0 aromatic heterocycles. The third-order valence-corrected chi connectivity index (χ3v) is 4.00. The molecule has 6 heteroatoms. The van der Waals surface area contributed by atoms with Gasteiger partial charge in [-0.2, -0.15) is 0 Å². The molecular formula is C16H23BrN2O3. The van der Waals surface area contributed by atoms with Crippen molar-refractivity contribution >= 4 is 27.8 Å². The van der Waals surface area contributed by atoms with E-state index in [9.17, 15) is 9.59 Å². The molecule has 1 aromatic carbocycles. The van der Waals surface area contributed by atoms with E-state index in [0.29, 0.717) is 18.7 Å². The number of rotatable bonds is 7. The minimum atomic E-state index is -0.362. The van der Waals surface area contributed by atoms with Crippen LogP contribution in [0.3, 0.4) is 0 Å².